The monoisotopic (exact) mass is 341 g/mol. The van der Waals surface area contributed by atoms with Gasteiger partial charge in [0.1, 0.15) is 0 Å². The largest absolute Gasteiger partial charge is 0.465 e. The Morgan fingerprint density at radius 3 is 2.52 bits per heavy atom. The van der Waals surface area contributed by atoms with Gasteiger partial charge in [-0.2, -0.15) is 0 Å². The summed E-state index contributed by atoms with van der Waals surface area (Å²) in [5.74, 6) is 0.489. The van der Waals surface area contributed by atoms with Gasteiger partial charge in [0.2, 0.25) is 5.95 Å². The molecule has 1 aromatic rings. The van der Waals surface area contributed by atoms with E-state index in [-0.39, 0.29) is 22.8 Å². The van der Waals surface area contributed by atoms with Crippen LogP contribution in [0.5, 0.6) is 0 Å². The summed E-state index contributed by atoms with van der Waals surface area (Å²) < 4.78 is 0. The second kappa shape index (κ2) is 6.86. The van der Waals surface area contributed by atoms with Gasteiger partial charge in [-0.15, -0.1) is 10.2 Å². The van der Waals surface area contributed by atoms with Gasteiger partial charge < -0.3 is 15.3 Å². The lowest BCUT2D eigenvalue weighted by atomic mass is 9.87. The van der Waals surface area contributed by atoms with Gasteiger partial charge in [0.15, 0.2) is 5.15 Å². The summed E-state index contributed by atoms with van der Waals surface area (Å²) in [5.41, 5.74) is 0.340. The molecule has 1 fully saturated rings. The van der Waals surface area contributed by atoms with Crippen molar-refractivity contribution in [1.82, 2.24) is 20.5 Å². The van der Waals surface area contributed by atoms with Crippen molar-refractivity contribution < 1.29 is 9.90 Å². The van der Waals surface area contributed by atoms with E-state index in [0.29, 0.717) is 11.6 Å². The molecule has 0 aliphatic heterocycles. The van der Waals surface area contributed by atoms with Gasteiger partial charge >= 0.3 is 6.09 Å². The third-order valence-electron chi connectivity index (χ3n) is 4.10. The molecule has 0 bridgehead atoms. The van der Waals surface area contributed by atoms with Crippen molar-refractivity contribution >= 4 is 23.6 Å². The number of halogens is 1. The number of amides is 1. The molecule has 23 heavy (non-hydrogen) atoms. The third-order valence-corrected chi connectivity index (χ3v) is 4.45. The number of hydrogen-bond acceptors (Lipinski definition) is 5. The Labute approximate surface area is 141 Å². The predicted molar refractivity (Wildman–Crippen MR) is 89.0 cm³/mol. The Kier molecular flexibility index (Phi) is 5.29. The van der Waals surface area contributed by atoms with E-state index < -0.39 is 6.09 Å². The highest BCUT2D eigenvalue weighted by molar-refractivity contribution is 6.29. The minimum atomic E-state index is -0.998. The van der Waals surface area contributed by atoms with E-state index in [1.54, 1.807) is 6.92 Å². The molecular formula is C15H24ClN5O2. The molecule has 128 valence electrons. The van der Waals surface area contributed by atoms with Crippen LogP contribution in [0.15, 0.2) is 0 Å². The van der Waals surface area contributed by atoms with Crippen LogP contribution in [0.2, 0.25) is 5.15 Å². The SMILES string of the molecule is Cc1nc(N([C@@H]2CCCC[C@H]2NC(=O)O)C(C)(C)C)nnc1Cl. The number of aromatic nitrogens is 3. The van der Waals surface area contributed by atoms with Crippen molar-refractivity contribution in [3.63, 3.8) is 0 Å². The molecule has 7 nitrogen and oxygen atoms in total. The number of hydrogen-bond donors (Lipinski definition) is 2. The second-order valence-electron chi connectivity index (χ2n) is 6.94. The first-order chi connectivity index (χ1) is 10.7. The van der Waals surface area contributed by atoms with E-state index in [1.807, 2.05) is 0 Å². The first kappa shape index (κ1) is 17.7. The van der Waals surface area contributed by atoms with Crippen molar-refractivity contribution in [3.8, 4) is 0 Å². The molecule has 0 unspecified atom stereocenters. The maximum Gasteiger partial charge on any atom is 0.404 e. The van der Waals surface area contributed by atoms with Crippen molar-refractivity contribution in [2.45, 2.75) is 71.0 Å². The first-order valence-electron chi connectivity index (χ1n) is 7.86. The minimum absolute atomic E-state index is 0.0118. The zero-order valence-corrected chi connectivity index (χ0v) is 14.8. The highest BCUT2D eigenvalue weighted by Gasteiger charge is 2.38. The summed E-state index contributed by atoms with van der Waals surface area (Å²) in [6.45, 7) is 7.97. The van der Waals surface area contributed by atoms with Gasteiger partial charge in [-0.3, -0.25) is 0 Å². The van der Waals surface area contributed by atoms with Gasteiger partial charge in [-0.05, 0) is 40.5 Å². The van der Waals surface area contributed by atoms with E-state index in [9.17, 15) is 4.79 Å². The van der Waals surface area contributed by atoms with Crippen LogP contribution >= 0.6 is 11.6 Å². The zero-order valence-electron chi connectivity index (χ0n) is 14.0. The van der Waals surface area contributed by atoms with Crippen LogP contribution in [-0.4, -0.2) is 44.0 Å². The maximum absolute atomic E-state index is 11.1. The molecule has 1 amide bonds. The molecular weight excluding hydrogens is 318 g/mol. The summed E-state index contributed by atoms with van der Waals surface area (Å²) in [6, 6.07) is -0.165. The normalized spacial score (nSPS) is 21.8. The smallest absolute Gasteiger partial charge is 0.404 e. The second-order valence-corrected chi connectivity index (χ2v) is 7.29. The van der Waals surface area contributed by atoms with E-state index in [4.69, 9.17) is 16.7 Å². The summed E-state index contributed by atoms with van der Waals surface area (Å²) in [6.07, 6.45) is 2.76. The van der Waals surface area contributed by atoms with Gasteiger partial charge in [0.05, 0.1) is 17.8 Å². The van der Waals surface area contributed by atoms with Crippen LogP contribution in [0, 0.1) is 6.92 Å². The molecule has 2 atom stereocenters. The number of nitrogens with zero attached hydrogens (tertiary/aromatic N) is 4. The highest BCUT2D eigenvalue weighted by Crippen LogP contribution is 2.32. The summed E-state index contributed by atoms with van der Waals surface area (Å²) in [4.78, 5) is 17.7. The van der Waals surface area contributed by atoms with Crippen molar-refractivity contribution in [2.75, 3.05) is 4.90 Å². The Bertz CT molecular complexity index is 575. The van der Waals surface area contributed by atoms with Crippen molar-refractivity contribution in [1.29, 1.82) is 0 Å². The Hall–Kier alpha value is -1.63. The predicted octanol–water partition coefficient (Wildman–Crippen LogP) is 3.02. The lowest BCUT2D eigenvalue weighted by Gasteiger charge is -2.46. The molecule has 1 aliphatic carbocycles. The maximum atomic E-state index is 11.1. The number of carbonyl (C=O) groups is 1. The summed E-state index contributed by atoms with van der Waals surface area (Å²) in [7, 11) is 0. The number of carboxylic acid groups (broad SMARTS) is 1. The van der Waals surface area contributed by atoms with Crippen LogP contribution in [0.25, 0.3) is 0 Å². The zero-order chi connectivity index (χ0) is 17.2. The van der Waals surface area contributed by atoms with Crippen LogP contribution < -0.4 is 10.2 Å². The fourth-order valence-corrected chi connectivity index (χ4v) is 3.25. The fourth-order valence-electron chi connectivity index (χ4n) is 3.17. The lowest BCUT2D eigenvalue weighted by Crippen LogP contribution is -2.59. The van der Waals surface area contributed by atoms with E-state index in [1.165, 1.54) is 0 Å². The molecule has 2 N–H and O–H groups in total. The number of anilines is 1. The van der Waals surface area contributed by atoms with Crippen LogP contribution in [0.1, 0.15) is 52.1 Å². The van der Waals surface area contributed by atoms with E-state index in [2.05, 4.69) is 46.2 Å². The number of nitrogens with one attached hydrogen (secondary N) is 1. The standard InChI is InChI=1S/C15H24ClN5O2/c1-9-12(16)19-20-13(17-9)21(15(2,3)4)11-8-6-5-7-10(11)18-14(22)23/h10-11,18H,5-8H2,1-4H3,(H,22,23)/t10-,11-/m1/s1. The van der Waals surface area contributed by atoms with Gasteiger partial charge in [0, 0.05) is 5.54 Å². The quantitative estimate of drug-likeness (QED) is 0.878. The molecule has 0 aromatic carbocycles. The van der Waals surface area contributed by atoms with Crippen LogP contribution in [0.4, 0.5) is 10.7 Å². The molecule has 1 aliphatic rings. The molecule has 1 saturated carbocycles. The number of rotatable bonds is 3. The minimum Gasteiger partial charge on any atom is -0.465 e. The molecule has 2 rings (SSSR count). The van der Waals surface area contributed by atoms with Crippen molar-refractivity contribution in [3.05, 3.63) is 10.8 Å². The topological polar surface area (TPSA) is 91.2 Å². The Morgan fingerprint density at radius 2 is 1.96 bits per heavy atom. The van der Waals surface area contributed by atoms with Gasteiger partial charge in [-0.1, -0.05) is 24.4 Å². The lowest BCUT2D eigenvalue weighted by molar-refractivity contribution is 0.179. The molecule has 1 heterocycles. The van der Waals surface area contributed by atoms with Crippen LogP contribution in [-0.2, 0) is 0 Å². The third kappa shape index (κ3) is 4.22. The van der Waals surface area contributed by atoms with Gasteiger partial charge in [0.25, 0.3) is 0 Å². The average Bonchev–Trinajstić information content (AvgIpc) is 2.43. The summed E-state index contributed by atoms with van der Waals surface area (Å²) >= 11 is 5.94. The number of aryl methyl sites for hydroxylation is 1. The van der Waals surface area contributed by atoms with E-state index >= 15 is 0 Å². The molecule has 0 spiro atoms. The highest BCUT2D eigenvalue weighted by atomic mass is 35.5. The molecule has 8 heteroatoms. The first-order valence-corrected chi connectivity index (χ1v) is 8.23. The van der Waals surface area contributed by atoms with Crippen molar-refractivity contribution in [2.24, 2.45) is 0 Å². The average molecular weight is 342 g/mol. The molecule has 1 aromatic heterocycles. The van der Waals surface area contributed by atoms with E-state index in [0.717, 1.165) is 25.7 Å². The Morgan fingerprint density at radius 1 is 1.30 bits per heavy atom. The Balaban J connectivity index is 2.40. The summed E-state index contributed by atoms with van der Waals surface area (Å²) in [5, 5.41) is 20.2. The molecule has 0 radical (unpaired) electrons. The van der Waals surface area contributed by atoms with Gasteiger partial charge in [-0.25, -0.2) is 9.78 Å². The van der Waals surface area contributed by atoms with Crippen LogP contribution in [0.3, 0.4) is 0 Å². The fraction of sp³-hybridized carbons (Fsp3) is 0.733. The molecule has 0 saturated heterocycles.